The van der Waals surface area contributed by atoms with Gasteiger partial charge in [0.15, 0.2) is 0 Å². The molecule has 2 heterocycles. The second-order valence-corrected chi connectivity index (χ2v) is 4.97. The molecule has 1 aromatic heterocycles. The van der Waals surface area contributed by atoms with E-state index in [4.69, 9.17) is 4.74 Å². The highest BCUT2D eigenvalue weighted by Crippen LogP contribution is 2.26. The van der Waals surface area contributed by atoms with Gasteiger partial charge in [-0.1, -0.05) is 6.07 Å². The number of piperidine rings is 1. The Bertz CT molecular complexity index is 597. The predicted molar refractivity (Wildman–Crippen MR) is 74.4 cm³/mol. The Balaban J connectivity index is 2.02. The van der Waals surface area contributed by atoms with Gasteiger partial charge < -0.3 is 14.6 Å². The summed E-state index contributed by atoms with van der Waals surface area (Å²) in [5.74, 6) is -0.278. The molecule has 0 spiro atoms. The second kappa shape index (κ2) is 5.05. The average Bonchev–Trinajstić information content (AvgIpc) is 2.90. The molecule has 4 nitrogen and oxygen atoms in total. The van der Waals surface area contributed by atoms with E-state index in [0.29, 0.717) is 11.6 Å². The van der Waals surface area contributed by atoms with E-state index in [0.717, 1.165) is 31.4 Å². The minimum absolute atomic E-state index is 0.278. The van der Waals surface area contributed by atoms with E-state index >= 15 is 0 Å². The van der Waals surface area contributed by atoms with E-state index < -0.39 is 0 Å². The Morgan fingerprint density at radius 3 is 2.84 bits per heavy atom. The quantitative estimate of drug-likeness (QED) is 0.841. The number of methoxy groups -OCH3 is 1. The Labute approximate surface area is 112 Å². The molecule has 1 N–H and O–H groups in total. The Morgan fingerprint density at radius 2 is 2.11 bits per heavy atom. The van der Waals surface area contributed by atoms with Gasteiger partial charge in [-0.2, -0.15) is 0 Å². The van der Waals surface area contributed by atoms with Gasteiger partial charge in [-0.25, -0.2) is 4.79 Å². The summed E-state index contributed by atoms with van der Waals surface area (Å²) in [6, 6.07) is 8.37. The molecule has 0 radical (unpaired) electrons. The molecule has 0 amide bonds. The zero-order chi connectivity index (χ0) is 13.2. The van der Waals surface area contributed by atoms with Crippen molar-refractivity contribution < 1.29 is 9.53 Å². The van der Waals surface area contributed by atoms with Crippen molar-refractivity contribution in [3.8, 4) is 0 Å². The molecule has 1 aliphatic heterocycles. The Morgan fingerprint density at radius 1 is 1.32 bits per heavy atom. The van der Waals surface area contributed by atoms with E-state index in [1.165, 1.54) is 12.5 Å². The first-order chi connectivity index (χ1) is 9.29. The summed E-state index contributed by atoms with van der Waals surface area (Å²) < 4.78 is 7.08. The second-order valence-electron chi connectivity index (χ2n) is 4.97. The van der Waals surface area contributed by atoms with Crippen molar-refractivity contribution in [2.45, 2.75) is 18.9 Å². The summed E-state index contributed by atoms with van der Waals surface area (Å²) in [5, 5.41) is 4.55. The van der Waals surface area contributed by atoms with E-state index in [1.54, 1.807) is 0 Å². The molecule has 1 aliphatic rings. The number of fused-ring (bicyclic) bond motifs is 1. The van der Waals surface area contributed by atoms with Crippen LogP contribution in [0.5, 0.6) is 0 Å². The van der Waals surface area contributed by atoms with Crippen LogP contribution in [0.4, 0.5) is 0 Å². The molecule has 0 bridgehead atoms. The molecule has 2 aromatic rings. The van der Waals surface area contributed by atoms with Gasteiger partial charge in [0, 0.05) is 17.8 Å². The zero-order valence-electron chi connectivity index (χ0n) is 11.1. The predicted octanol–water partition coefficient (Wildman–Crippen LogP) is 2.35. The van der Waals surface area contributed by atoms with Crippen molar-refractivity contribution in [2.75, 3.05) is 20.2 Å². The van der Waals surface area contributed by atoms with Gasteiger partial charge in [-0.3, -0.25) is 0 Å². The summed E-state index contributed by atoms with van der Waals surface area (Å²) in [6.07, 6.45) is 4.39. The topological polar surface area (TPSA) is 43.3 Å². The molecule has 1 fully saturated rings. The van der Waals surface area contributed by atoms with Crippen LogP contribution in [0.15, 0.2) is 30.5 Å². The third-order valence-corrected chi connectivity index (χ3v) is 3.85. The lowest BCUT2D eigenvalue weighted by molar-refractivity contribution is 0.0601. The maximum absolute atomic E-state index is 11.6. The molecular weight excluding hydrogens is 240 g/mol. The van der Waals surface area contributed by atoms with Crippen LogP contribution in [0, 0.1) is 0 Å². The molecular formula is C15H18N2O2. The highest BCUT2D eigenvalue weighted by atomic mass is 16.5. The molecule has 100 valence electrons. The number of benzene rings is 1. The number of carbonyl (C=O) groups is 1. The zero-order valence-corrected chi connectivity index (χ0v) is 11.1. The molecule has 4 heteroatoms. The number of esters is 1. The highest BCUT2D eigenvalue weighted by molar-refractivity contribution is 5.94. The minimum atomic E-state index is -0.278. The number of nitrogens with one attached hydrogen (secondary N) is 1. The van der Waals surface area contributed by atoms with Crippen LogP contribution in [0.1, 0.15) is 29.2 Å². The van der Waals surface area contributed by atoms with Crippen molar-refractivity contribution in [1.82, 2.24) is 9.88 Å². The van der Waals surface area contributed by atoms with Crippen LogP contribution in [0.2, 0.25) is 0 Å². The maximum Gasteiger partial charge on any atom is 0.337 e. The SMILES string of the molecule is COC(=O)c1ccc2ccn(C3CCNCC3)c2c1. The molecule has 1 aromatic carbocycles. The lowest BCUT2D eigenvalue weighted by atomic mass is 10.1. The van der Waals surface area contributed by atoms with Gasteiger partial charge in [0.2, 0.25) is 0 Å². The molecule has 0 atom stereocenters. The first-order valence-corrected chi connectivity index (χ1v) is 6.69. The molecule has 19 heavy (non-hydrogen) atoms. The summed E-state index contributed by atoms with van der Waals surface area (Å²) in [6.45, 7) is 2.11. The van der Waals surface area contributed by atoms with Crippen LogP contribution < -0.4 is 5.32 Å². The van der Waals surface area contributed by atoms with Crippen LogP contribution in [-0.4, -0.2) is 30.7 Å². The van der Waals surface area contributed by atoms with Crippen molar-refractivity contribution in [3.05, 3.63) is 36.0 Å². The third kappa shape index (κ3) is 2.24. The van der Waals surface area contributed by atoms with Gasteiger partial charge in [-0.15, -0.1) is 0 Å². The van der Waals surface area contributed by atoms with Gasteiger partial charge in [0.25, 0.3) is 0 Å². The van der Waals surface area contributed by atoms with E-state index in [9.17, 15) is 4.79 Å². The maximum atomic E-state index is 11.6. The van der Waals surface area contributed by atoms with Gasteiger partial charge in [0.1, 0.15) is 0 Å². The van der Waals surface area contributed by atoms with Crippen LogP contribution in [0.25, 0.3) is 10.9 Å². The van der Waals surface area contributed by atoms with E-state index in [-0.39, 0.29) is 5.97 Å². The van der Waals surface area contributed by atoms with Crippen molar-refractivity contribution in [3.63, 3.8) is 0 Å². The molecule has 0 saturated carbocycles. The smallest absolute Gasteiger partial charge is 0.337 e. The van der Waals surface area contributed by atoms with Crippen molar-refractivity contribution in [2.24, 2.45) is 0 Å². The van der Waals surface area contributed by atoms with E-state index in [2.05, 4.69) is 22.1 Å². The number of hydrogen-bond donors (Lipinski definition) is 1. The first-order valence-electron chi connectivity index (χ1n) is 6.69. The van der Waals surface area contributed by atoms with Crippen LogP contribution >= 0.6 is 0 Å². The fraction of sp³-hybridized carbons (Fsp3) is 0.400. The molecule has 0 aliphatic carbocycles. The molecule has 0 unspecified atom stereocenters. The number of nitrogens with zero attached hydrogens (tertiary/aromatic N) is 1. The Hall–Kier alpha value is -1.81. The normalized spacial score (nSPS) is 16.7. The van der Waals surface area contributed by atoms with Crippen molar-refractivity contribution in [1.29, 1.82) is 0 Å². The molecule has 3 rings (SSSR count). The van der Waals surface area contributed by atoms with Gasteiger partial charge in [0.05, 0.1) is 12.7 Å². The average molecular weight is 258 g/mol. The van der Waals surface area contributed by atoms with Gasteiger partial charge >= 0.3 is 5.97 Å². The number of carbonyl (C=O) groups excluding carboxylic acids is 1. The summed E-state index contributed by atoms with van der Waals surface area (Å²) in [5.41, 5.74) is 1.73. The third-order valence-electron chi connectivity index (χ3n) is 3.85. The minimum Gasteiger partial charge on any atom is -0.465 e. The summed E-state index contributed by atoms with van der Waals surface area (Å²) in [7, 11) is 1.42. The number of ether oxygens (including phenoxy) is 1. The van der Waals surface area contributed by atoms with Crippen molar-refractivity contribution >= 4 is 16.9 Å². The number of rotatable bonds is 2. The summed E-state index contributed by atoms with van der Waals surface area (Å²) >= 11 is 0. The number of hydrogen-bond acceptors (Lipinski definition) is 3. The lowest BCUT2D eigenvalue weighted by Gasteiger charge is -2.25. The fourth-order valence-electron chi connectivity index (χ4n) is 2.80. The highest BCUT2D eigenvalue weighted by Gasteiger charge is 2.17. The van der Waals surface area contributed by atoms with Gasteiger partial charge in [-0.05, 0) is 49.5 Å². The largest absolute Gasteiger partial charge is 0.465 e. The Kier molecular flexibility index (Phi) is 3.25. The van der Waals surface area contributed by atoms with E-state index in [1.807, 2.05) is 18.2 Å². The van der Waals surface area contributed by atoms with Crippen LogP contribution in [0.3, 0.4) is 0 Å². The molecule has 1 saturated heterocycles. The number of aromatic nitrogens is 1. The van der Waals surface area contributed by atoms with Crippen LogP contribution in [-0.2, 0) is 4.74 Å². The first kappa shape index (κ1) is 12.2. The monoisotopic (exact) mass is 258 g/mol. The summed E-state index contributed by atoms with van der Waals surface area (Å²) in [4.78, 5) is 11.6. The fourth-order valence-corrected chi connectivity index (χ4v) is 2.80. The standard InChI is InChI=1S/C15H18N2O2/c1-19-15(18)12-3-2-11-6-9-17(14(11)10-12)13-4-7-16-8-5-13/h2-3,6,9-10,13,16H,4-5,7-8H2,1H3. The lowest BCUT2D eigenvalue weighted by Crippen LogP contribution is -2.29.